The number of pyridine rings is 1. The molecule has 0 N–H and O–H groups in total. The summed E-state index contributed by atoms with van der Waals surface area (Å²) in [5, 5.41) is 8.92. The van der Waals surface area contributed by atoms with Crippen molar-refractivity contribution in [3.63, 3.8) is 0 Å². The largest absolute Gasteiger partial charge is 0.303 e. The molecule has 0 radical (unpaired) electrons. The summed E-state index contributed by atoms with van der Waals surface area (Å²) in [6.45, 7) is 1.90. The summed E-state index contributed by atoms with van der Waals surface area (Å²) in [5.41, 5.74) is 1.12. The van der Waals surface area contributed by atoms with Crippen LogP contribution in [0.15, 0.2) is 41.3 Å². The van der Waals surface area contributed by atoms with Crippen molar-refractivity contribution in [3.05, 3.63) is 69.4 Å². The minimum atomic E-state index is -0.346. The van der Waals surface area contributed by atoms with Gasteiger partial charge in [-0.15, -0.1) is 0 Å². The van der Waals surface area contributed by atoms with Gasteiger partial charge in [-0.1, -0.05) is 11.8 Å². The van der Waals surface area contributed by atoms with Crippen molar-refractivity contribution in [2.45, 2.75) is 13.5 Å². The van der Waals surface area contributed by atoms with Crippen molar-refractivity contribution in [2.75, 3.05) is 0 Å². The Kier molecular flexibility index (Phi) is 3.98. The molecule has 1 heterocycles. The maximum Gasteiger partial charge on any atom is 0.269 e. The van der Waals surface area contributed by atoms with E-state index in [0.29, 0.717) is 11.1 Å². The number of nitriles is 1. The van der Waals surface area contributed by atoms with Crippen LogP contribution in [0.3, 0.4) is 0 Å². The van der Waals surface area contributed by atoms with E-state index in [2.05, 4.69) is 11.8 Å². The summed E-state index contributed by atoms with van der Waals surface area (Å²) < 4.78 is 14.1. The summed E-state index contributed by atoms with van der Waals surface area (Å²) in [6.07, 6.45) is 1.61. The zero-order valence-corrected chi connectivity index (χ0v) is 10.9. The average Bonchev–Trinajstić information content (AvgIpc) is 2.44. The lowest BCUT2D eigenvalue weighted by atomic mass is 10.2. The molecule has 2 rings (SSSR count). The molecule has 0 fully saturated rings. The second kappa shape index (κ2) is 5.86. The highest BCUT2D eigenvalue weighted by atomic mass is 19.1. The van der Waals surface area contributed by atoms with Gasteiger partial charge in [0.25, 0.3) is 5.56 Å². The first-order chi connectivity index (χ1) is 9.61. The highest BCUT2D eigenvalue weighted by molar-refractivity contribution is 5.35. The Hall–Kier alpha value is -2.85. The smallest absolute Gasteiger partial charge is 0.269 e. The van der Waals surface area contributed by atoms with Gasteiger partial charge in [-0.3, -0.25) is 4.79 Å². The van der Waals surface area contributed by atoms with E-state index in [9.17, 15) is 9.18 Å². The van der Waals surface area contributed by atoms with Crippen molar-refractivity contribution in [2.24, 2.45) is 0 Å². The van der Waals surface area contributed by atoms with E-state index in [0.717, 1.165) is 0 Å². The number of hydrogen-bond acceptors (Lipinski definition) is 2. The zero-order chi connectivity index (χ0) is 14.5. The molecular weight excluding hydrogens is 255 g/mol. The third kappa shape index (κ3) is 2.93. The lowest BCUT2D eigenvalue weighted by molar-refractivity contribution is 0.627. The van der Waals surface area contributed by atoms with Crippen LogP contribution in [-0.4, -0.2) is 4.57 Å². The topological polar surface area (TPSA) is 45.8 Å². The van der Waals surface area contributed by atoms with Crippen molar-refractivity contribution < 1.29 is 4.39 Å². The maximum atomic E-state index is 12.7. The van der Waals surface area contributed by atoms with Crippen LogP contribution in [0.2, 0.25) is 0 Å². The van der Waals surface area contributed by atoms with E-state index in [1.165, 1.54) is 16.7 Å². The SMILES string of the molecule is Cc1ccn(CC#Cc2ccc(F)cc2)c(=O)c1C#N. The summed E-state index contributed by atoms with van der Waals surface area (Å²) in [6, 6.07) is 9.40. The number of nitrogens with zero attached hydrogens (tertiary/aromatic N) is 2. The Morgan fingerprint density at radius 1 is 1.25 bits per heavy atom. The average molecular weight is 266 g/mol. The normalized spacial score (nSPS) is 9.45. The summed E-state index contributed by atoms with van der Waals surface area (Å²) >= 11 is 0. The van der Waals surface area contributed by atoms with E-state index >= 15 is 0 Å². The van der Waals surface area contributed by atoms with Gasteiger partial charge < -0.3 is 4.57 Å². The minimum absolute atomic E-state index is 0.135. The van der Waals surface area contributed by atoms with Gasteiger partial charge in [0, 0.05) is 11.8 Å². The lowest BCUT2D eigenvalue weighted by Gasteiger charge is -2.02. The molecule has 0 saturated heterocycles. The molecule has 98 valence electrons. The van der Waals surface area contributed by atoms with Crippen molar-refractivity contribution in [3.8, 4) is 17.9 Å². The van der Waals surface area contributed by atoms with Crippen molar-refractivity contribution in [1.82, 2.24) is 4.57 Å². The molecule has 1 aromatic carbocycles. The van der Waals surface area contributed by atoms with Gasteiger partial charge in [-0.25, -0.2) is 4.39 Å². The van der Waals surface area contributed by atoms with E-state index < -0.39 is 0 Å². The second-order valence-electron chi connectivity index (χ2n) is 4.23. The Labute approximate surface area is 115 Å². The van der Waals surface area contributed by atoms with Crippen LogP contribution in [0.5, 0.6) is 0 Å². The van der Waals surface area contributed by atoms with Crippen LogP contribution < -0.4 is 5.56 Å². The molecule has 0 bridgehead atoms. The zero-order valence-electron chi connectivity index (χ0n) is 10.9. The van der Waals surface area contributed by atoms with E-state index in [4.69, 9.17) is 5.26 Å². The van der Waals surface area contributed by atoms with Gasteiger partial charge >= 0.3 is 0 Å². The Morgan fingerprint density at radius 2 is 1.95 bits per heavy atom. The van der Waals surface area contributed by atoms with E-state index in [-0.39, 0.29) is 23.5 Å². The van der Waals surface area contributed by atoms with Crippen LogP contribution in [0.1, 0.15) is 16.7 Å². The molecule has 0 amide bonds. The van der Waals surface area contributed by atoms with Crippen LogP contribution in [0.4, 0.5) is 4.39 Å². The van der Waals surface area contributed by atoms with Crippen LogP contribution >= 0.6 is 0 Å². The second-order valence-corrected chi connectivity index (χ2v) is 4.23. The van der Waals surface area contributed by atoms with Crippen molar-refractivity contribution >= 4 is 0 Å². The van der Waals surface area contributed by atoms with Gasteiger partial charge in [-0.05, 0) is 42.8 Å². The monoisotopic (exact) mass is 266 g/mol. The molecule has 20 heavy (non-hydrogen) atoms. The standard InChI is InChI=1S/C16H11FN2O/c1-12-8-10-19(16(20)15(12)11-18)9-2-3-13-4-6-14(17)7-5-13/h4-8,10H,9H2,1H3. The van der Waals surface area contributed by atoms with Crippen LogP contribution in [0.25, 0.3) is 0 Å². The molecular formula is C16H11FN2O. The predicted molar refractivity (Wildman–Crippen MR) is 73.4 cm³/mol. The van der Waals surface area contributed by atoms with E-state index in [1.807, 2.05) is 6.07 Å². The maximum absolute atomic E-state index is 12.7. The molecule has 4 heteroatoms. The number of aromatic nitrogens is 1. The van der Waals surface area contributed by atoms with Crippen molar-refractivity contribution in [1.29, 1.82) is 5.26 Å². The highest BCUT2D eigenvalue weighted by Gasteiger charge is 2.04. The molecule has 0 atom stereocenters. The van der Waals surface area contributed by atoms with Gasteiger partial charge in [0.15, 0.2) is 0 Å². The number of aryl methyl sites for hydroxylation is 1. The third-order valence-corrected chi connectivity index (χ3v) is 2.81. The molecule has 2 aromatic rings. The number of hydrogen-bond donors (Lipinski definition) is 0. The molecule has 0 aliphatic carbocycles. The number of rotatable bonds is 1. The number of halogens is 1. The first-order valence-corrected chi connectivity index (χ1v) is 5.96. The molecule has 0 unspecified atom stereocenters. The molecule has 1 aromatic heterocycles. The summed E-state index contributed by atoms with van der Waals surface area (Å²) in [4.78, 5) is 11.9. The quantitative estimate of drug-likeness (QED) is 0.743. The van der Waals surface area contributed by atoms with Crippen LogP contribution in [-0.2, 0) is 6.54 Å². The molecule has 0 aliphatic heterocycles. The molecule has 0 aliphatic rings. The van der Waals surface area contributed by atoms with Gasteiger partial charge in [0.1, 0.15) is 17.4 Å². The Balaban J connectivity index is 2.23. The fourth-order valence-electron chi connectivity index (χ4n) is 1.69. The molecule has 0 spiro atoms. The predicted octanol–water partition coefficient (Wildman–Crippen LogP) is 2.22. The van der Waals surface area contributed by atoms with Crippen LogP contribution in [0, 0.1) is 35.9 Å². The Morgan fingerprint density at radius 3 is 2.60 bits per heavy atom. The fourth-order valence-corrected chi connectivity index (χ4v) is 1.69. The first kappa shape index (κ1) is 13.6. The first-order valence-electron chi connectivity index (χ1n) is 5.96. The molecule has 3 nitrogen and oxygen atoms in total. The summed E-state index contributed by atoms with van der Waals surface area (Å²) in [5.74, 6) is 5.35. The van der Waals surface area contributed by atoms with E-state index in [1.54, 1.807) is 31.3 Å². The van der Waals surface area contributed by atoms with Gasteiger partial charge in [0.2, 0.25) is 0 Å². The highest BCUT2D eigenvalue weighted by Crippen LogP contribution is 2.01. The Bertz CT molecular complexity index is 786. The number of benzene rings is 1. The fraction of sp³-hybridized carbons (Fsp3) is 0.125. The van der Waals surface area contributed by atoms with Gasteiger partial charge in [0.05, 0.1) is 6.54 Å². The minimum Gasteiger partial charge on any atom is -0.303 e. The third-order valence-electron chi connectivity index (χ3n) is 2.81. The van der Waals surface area contributed by atoms with Gasteiger partial charge in [-0.2, -0.15) is 5.26 Å². The summed E-state index contributed by atoms with van der Waals surface area (Å²) in [7, 11) is 0. The molecule has 0 saturated carbocycles. The lowest BCUT2D eigenvalue weighted by Crippen LogP contribution is -2.22.